The summed E-state index contributed by atoms with van der Waals surface area (Å²) in [7, 11) is 2.01. The van der Waals surface area contributed by atoms with Gasteiger partial charge in [0, 0.05) is 19.1 Å². The molecule has 1 aromatic rings. The van der Waals surface area contributed by atoms with Gasteiger partial charge in [0.25, 0.3) is 0 Å². The molecule has 2 rings (SSSR count). The summed E-state index contributed by atoms with van der Waals surface area (Å²) in [4.78, 5) is 2.53. The van der Waals surface area contributed by atoms with Gasteiger partial charge in [-0.05, 0) is 57.1 Å². The molecule has 1 saturated heterocycles. The van der Waals surface area contributed by atoms with E-state index in [1.165, 1.54) is 31.5 Å². The Bertz CT molecular complexity index is 369. The van der Waals surface area contributed by atoms with Gasteiger partial charge in [0.1, 0.15) is 11.6 Å². The van der Waals surface area contributed by atoms with Crippen LogP contribution < -0.4 is 10.1 Å². The third kappa shape index (κ3) is 4.48. The van der Waals surface area contributed by atoms with E-state index in [0.717, 1.165) is 25.3 Å². The fourth-order valence-corrected chi connectivity index (χ4v) is 2.64. The highest BCUT2D eigenvalue weighted by atomic mass is 19.1. The monoisotopic (exact) mass is 266 g/mol. The Balaban J connectivity index is 1.65. The number of likely N-dealkylation sites (tertiary alicyclic amines) is 1. The zero-order chi connectivity index (χ0) is 13.5. The SMILES string of the molecule is CNCC1CCCN1CCCOc1ccc(F)cc1. The Morgan fingerprint density at radius 1 is 1.37 bits per heavy atom. The van der Waals surface area contributed by atoms with Crippen molar-refractivity contribution < 1.29 is 9.13 Å². The quantitative estimate of drug-likeness (QED) is 0.766. The zero-order valence-corrected chi connectivity index (χ0v) is 11.6. The summed E-state index contributed by atoms with van der Waals surface area (Å²) in [5.74, 6) is 0.522. The van der Waals surface area contributed by atoms with E-state index in [-0.39, 0.29) is 5.82 Å². The van der Waals surface area contributed by atoms with Crippen LogP contribution in [0.1, 0.15) is 19.3 Å². The van der Waals surface area contributed by atoms with Gasteiger partial charge in [-0.25, -0.2) is 4.39 Å². The van der Waals surface area contributed by atoms with Crippen molar-refractivity contribution in [3.8, 4) is 5.75 Å². The molecular weight excluding hydrogens is 243 g/mol. The number of likely N-dealkylation sites (N-methyl/N-ethyl adjacent to an activating group) is 1. The second kappa shape index (κ2) is 7.46. The van der Waals surface area contributed by atoms with Gasteiger partial charge < -0.3 is 10.1 Å². The number of ether oxygens (including phenoxy) is 1. The van der Waals surface area contributed by atoms with Crippen LogP contribution in [0.15, 0.2) is 24.3 Å². The Labute approximate surface area is 114 Å². The van der Waals surface area contributed by atoms with E-state index in [0.29, 0.717) is 12.6 Å². The molecule has 106 valence electrons. The molecule has 0 aliphatic carbocycles. The molecule has 1 aliphatic heterocycles. The van der Waals surface area contributed by atoms with Crippen LogP contribution in [0.25, 0.3) is 0 Å². The Hall–Kier alpha value is -1.13. The minimum absolute atomic E-state index is 0.223. The molecule has 0 bridgehead atoms. The van der Waals surface area contributed by atoms with Crippen molar-refractivity contribution in [2.24, 2.45) is 0 Å². The van der Waals surface area contributed by atoms with Crippen LogP contribution in [0.2, 0.25) is 0 Å². The van der Waals surface area contributed by atoms with Gasteiger partial charge in [0.05, 0.1) is 6.61 Å². The molecule has 0 saturated carbocycles. The summed E-state index contributed by atoms with van der Waals surface area (Å²) < 4.78 is 18.3. The lowest BCUT2D eigenvalue weighted by Gasteiger charge is -2.24. The summed E-state index contributed by atoms with van der Waals surface area (Å²) in [6.07, 6.45) is 3.60. The number of rotatable bonds is 7. The zero-order valence-electron chi connectivity index (χ0n) is 11.6. The van der Waals surface area contributed by atoms with Gasteiger partial charge in [-0.15, -0.1) is 0 Å². The van der Waals surface area contributed by atoms with Crippen LogP contribution in [0.5, 0.6) is 5.75 Å². The number of hydrogen-bond donors (Lipinski definition) is 1. The predicted octanol–water partition coefficient (Wildman–Crippen LogP) is 2.28. The van der Waals surface area contributed by atoms with Crippen LogP contribution in [0.3, 0.4) is 0 Å². The average molecular weight is 266 g/mol. The summed E-state index contributed by atoms with van der Waals surface area (Å²) in [5.41, 5.74) is 0. The summed E-state index contributed by atoms with van der Waals surface area (Å²) in [6.45, 7) is 4.03. The van der Waals surface area contributed by atoms with Crippen molar-refractivity contribution in [2.45, 2.75) is 25.3 Å². The van der Waals surface area contributed by atoms with Gasteiger partial charge in [0.2, 0.25) is 0 Å². The summed E-state index contributed by atoms with van der Waals surface area (Å²) in [6, 6.07) is 6.89. The van der Waals surface area contributed by atoms with Gasteiger partial charge in [-0.1, -0.05) is 0 Å². The van der Waals surface area contributed by atoms with Crippen molar-refractivity contribution in [1.29, 1.82) is 0 Å². The molecule has 1 aromatic carbocycles. The number of hydrogen-bond acceptors (Lipinski definition) is 3. The second-order valence-corrected chi connectivity index (χ2v) is 5.05. The Kier molecular flexibility index (Phi) is 5.61. The molecule has 0 radical (unpaired) electrons. The van der Waals surface area contributed by atoms with E-state index in [9.17, 15) is 4.39 Å². The maximum Gasteiger partial charge on any atom is 0.123 e. The predicted molar refractivity (Wildman–Crippen MR) is 75.0 cm³/mol. The van der Waals surface area contributed by atoms with E-state index >= 15 is 0 Å². The van der Waals surface area contributed by atoms with Crippen molar-refractivity contribution in [3.63, 3.8) is 0 Å². The van der Waals surface area contributed by atoms with Gasteiger partial charge in [0.15, 0.2) is 0 Å². The van der Waals surface area contributed by atoms with Crippen molar-refractivity contribution in [3.05, 3.63) is 30.1 Å². The molecule has 1 fully saturated rings. The summed E-state index contributed by atoms with van der Waals surface area (Å²) in [5, 5.41) is 3.25. The van der Waals surface area contributed by atoms with Crippen molar-refractivity contribution >= 4 is 0 Å². The fraction of sp³-hybridized carbons (Fsp3) is 0.600. The standard InChI is InChI=1S/C15H23FN2O/c1-17-12-14-4-2-9-18(14)10-3-11-19-15-7-5-13(16)6-8-15/h5-8,14,17H,2-4,9-12H2,1H3. The molecular formula is C15H23FN2O. The lowest BCUT2D eigenvalue weighted by atomic mass is 10.2. The lowest BCUT2D eigenvalue weighted by Crippen LogP contribution is -2.37. The Morgan fingerprint density at radius 2 is 2.16 bits per heavy atom. The first kappa shape index (κ1) is 14.3. The largest absolute Gasteiger partial charge is 0.494 e. The topological polar surface area (TPSA) is 24.5 Å². The van der Waals surface area contributed by atoms with E-state index in [1.54, 1.807) is 12.1 Å². The van der Waals surface area contributed by atoms with E-state index in [1.807, 2.05) is 7.05 Å². The van der Waals surface area contributed by atoms with Crippen LogP contribution in [0, 0.1) is 5.82 Å². The molecule has 0 spiro atoms. The highest BCUT2D eigenvalue weighted by molar-refractivity contribution is 5.21. The van der Waals surface area contributed by atoms with Crippen LogP contribution in [-0.2, 0) is 0 Å². The number of halogens is 1. The molecule has 19 heavy (non-hydrogen) atoms. The minimum Gasteiger partial charge on any atom is -0.494 e. The van der Waals surface area contributed by atoms with Gasteiger partial charge >= 0.3 is 0 Å². The fourth-order valence-electron chi connectivity index (χ4n) is 2.64. The first-order valence-corrected chi connectivity index (χ1v) is 7.06. The van der Waals surface area contributed by atoms with Gasteiger partial charge in [-0.3, -0.25) is 4.90 Å². The molecule has 0 aromatic heterocycles. The highest BCUT2D eigenvalue weighted by Gasteiger charge is 2.22. The van der Waals surface area contributed by atoms with E-state index < -0.39 is 0 Å². The van der Waals surface area contributed by atoms with Crippen LogP contribution in [0.4, 0.5) is 4.39 Å². The Morgan fingerprint density at radius 3 is 2.89 bits per heavy atom. The molecule has 1 atom stereocenters. The lowest BCUT2D eigenvalue weighted by molar-refractivity contribution is 0.219. The van der Waals surface area contributed by atoms with Crippen LogP contribution in [-0.4, -0.2) is 44.2 Å². The first-order valence-electron chi connectivity index (χ1n) is 7.06. The first-order chi connectivity index (χ1) is 9.29. The number of benzene rings is 1. The molecule has 4 heteroatoms. The molecule has 3 nitrogen and oxygen atoms in total. The smallest absolute Gasteiger partial charge is 0.123 e. The molecule has 1 N–H and O–H groups in total. The third-order valence-corrected chi connectivity index (χ3v) is 3.61. The minimum atomic E-state index is -0.223. The summed E-state index contributed by atoms with van der Waals surface area (Å²) >= 11 is 0. The maximum atomic E-state index is 12.7. The molecule has 0 amide bonds. The normalized spacial score (nSPS) is 19.8. The van der Waals surface area contributed by atoms with E-state index in [2.05, 4.69) is 10.2 Å². The number of nitrogens with zero attached hydrogens (tertiary/aromatic N) is 1. The molecule has 1 heterocycles. The second-order valence-electron chi connectivity index (χ2n) is 5.05. The maximum absolute atomic E-state index is 12.7. The van der Waals surface area contributed by atoms with Crippen molar-refractivity contribution in [2.75, 3.05) is 33.3 Å². The van der Waals surface area contributed by atoms with E-state index in [4.69, 9.17) is 4.74 Å². The average Bonchev–Trinajstić information content (AvgIpc) is 2.85. The van der Waals surface area contributed by atoms with Crippen LogP contribution >= 0.6 is 0 Å². The number of nitrogens with one attached hydrogen (secondary N) is 1. The molecule has 1 unspecified atom stereocenters. The molecule has 1 aliphatic rings. The van der Waals surface area contributed by atoms with Gasteiger partial charge in [-0.2, -0.15) is 0 Å². The third-order valence-electron chi connectivity index (χ3n) is 3.61. The highest BCUT2D eigenvalue weighted by Crippen LogP contribution is 2.17. The van der Waals surface area contributed by atoms with Crippen molar-refractivity contribution in [1.82, 2.24) is 10.2 Å².